The van der Waals surface area contributed by atoms with E-state index in [0.29, 0.717) is 4.73 Å². The third kappa shape index (κ3) is 4.74. The van der Waals surface area contributed by atoms with Crippen LogP contribution >= 0.6 is 19.4 Å². The summed E-state index contributed by atoms with van der Waals surface area (Å²) in [4.78, 5) is 2.33. The summed E-state index contributed by atoms with van der Waals surface area (Å²) < 4.78 is 20.5. The fraction of sp³-hybridized carbons (Fsp3) is 0.240. The molecular weight excluding hydrogens is 423 g/mol. The minimum absolute atomic E-state index is 0.205. The predicted octanol–water partition coefficient (Wildman–Crippen LogP) is 5.01. The quantitative estimate of drug-likeness (QED) is 0.437. The molecule has 0 aromatic heterocycles. The van der Waals surface area contributed by atoms with Crippen LogP contribution in [0.1, 0.15) is 13.8 Å². The van der Waals surface area contributed by atoms with Gasteiger partial charge in [0.1, 0.15) is 4.73 Å². The molecule has 1 aliphatic heterocycles. The zero-order chi connectivity index (χ0) is 21.8. The Labute approximate surface area is 189 Å². The minimum atomic E-state index is -3.14. The number of morpholine rings is 1. The molecule has 0 saturated carbocycles. The van der Waals surface area contributed by atoms with Crippen LogP contribution in [0, 0.1) is 0 Å². The van der Waals surface area contributed by atoms with Crippen molar-refractivity contribution in [2.24, 2.45) is 0 Å². The van der Waals surface area contributed by atoms with Crippen LogP contribution in [0.5, 0.6) is 0 Å². The average Bonchev–Trinajstić information content (AvgIpc) is 2.79. The van der Waals surface area contributed by atoms with E-state index in [0.717, 1.165) is 35.1 Å². The van der Waals surface area contributed by atoms with Crippen molar-refractivity contribution in [3.8, 4) is 0 Å². The zero-order valence-corrected chi connectivity index (χ0v) is 19.5. The van der Waals surface area contributed by atoms with Crippen molar-refractivity contribution in [1.82, 2.24) is 0 Å². The number of hydrogen-bond acceptors (Lipinski definition) is 4. The Morgan fingerprint density at radius 3 is 1.84 bits per heavy atom. The maximum Gasteiger partial charge on any atom is 0.197 e. The molecule has 4 rings (SSSR count). The van der Waals surface area contributed by atoms with Crippen molar-refractivity contribution < 1.29 is 9.30 Å². The zero-order valence-electron chi connectivity index (χ0n) is 17.8. The first-order valence-corrected chi connectivity index (χ1v) is 12.6. The first kappa shape index (κ1) is 21.8. The van der Waals surface area contributed by atoms with Gasteiger partial charge in [0.05, 0.1) is 12.2 Å². The average molecular weight is 451 g/mol. The Bertz CT molecular complexity index is 1020. The van der Waals surface area contributed by atoms with E-state index in [2.05, 4.69) is 36.2 Å². The number of benzene rings is 3. The van der Waals surface area contributed by atoms with Gasteiger partial charge in [-0.3, -0.25) is 0 Å². The topological polar surface area (TPSA) is 41.6 Å². The van der Waals surface area contributed by atoms with Crippen LogP contribution in [0.3, 0.4) is 0 Å². The molecule has 1 aliphatic rings. The van der Waals surface area contributed by atoms with Gasteiger partial charge in [0.25, 0.3) is 0 Å². The molecule has 1 fully saturated rings. The van der Waals surface area contributed by atoms with Gasteiger partial charge in [-0.25, -0.2) is 0 Å². The molecule has 31 heavy (non-hydrogen) atoms. The number of ether oxygens (including phenoxy) is 1. The normalized spacial score (nSPS) is 19.1. The fourth-order valence-electron chi connectivity index (χ4n) is 4.01. The van der Waals surface area contributed by atoms with Crippen LogP contribution in [-0.4, -0.2) is 30.0 Å². The number of anilines is 2. The lowest BCUT2D eigenvalue weighted by Crippen LogP contribution is -2.45. The van der Waals surface area contributed by atoms with Crippen LogP contribution in [0.15, 0.2) is 84.9 Å². The van der Waals surface area contributed by atoms with Crippen molar-refractivity contribution in [2.45, 2.75) is 26.1 Å². The summed E-state index contributed by atoms with van der Waals surface area (Å²) in [6, 6.07) is 27.1. The maximum atomic E-state index is 14.3. The smallest absolute Gasteiger partial charge is 0.197 e. The number of rotatable bonds is 5. The summed E-state index contributed by atoms with van der Waals surface area (Å²) in [6.07, 6.45) is 0.411. The van der Waals surface area contributed by atoms with E-state index in [4.69, 9.17) is 17.0 Å². The Balaban J connectivity index is 1.58. The SMILES string of the molecule is CC1CN(c2ccc(NC(=S)P(=O)(c3ccccc3)c3ccccc3)cc2)CC(C)O1. The molecule has 0 spiro atoms. The van der Waals surface area contributed by atoms with Gasteiger partial charge in [-0.15, -0.1) is 0 Å². The molecule has 4 nitrogen and oxygen atoms in total. The number of nitrogens with zero attached hydrogens (tertiary/aromatic N) is 1. The van der Waals surface area contributed by atoms with Gasteiger partial charge in [-0.05, 0) is 38.1 Å². The minimum Gasteiger partial charge on any atom is -0.372 e. The Kier molecular flexibility index (Phi) is 6.57. The second kappa shape index (κ2) is 9.35. The van der Waals surface area contributed by atoms with Crippen molar-refractivity contribution in [1.29, 1.82) is 0 Å². The largest absolute Gasteiger partial charge is 0.372 e. The molecule has 3 aromatic rings. The summed E-state index contributed by atoms with van der Waals surface area (Å²) in [5.74, 6) is 0. The molecule has 0 amide bonds. The highest BCUT2D eigenvalue weighted by molar-refractivity contribution is 8.08. The maximum absolute atomic E-state index is 14.3. The van der Waals surface area contributed by atoms with Crippen molar-refractivity contribution >= 4 is 46.1 Å². The van der Waals surface area contributed by atoms with Crippen molar-refractivity contribution in [2.75, 3.05) is 23.3 Å². The Morgan fingerprint density at radius 2 is 1.35 bits per heavy atom. The molecule has 1 N–H and O–H groups in total. The first-order valence-electron chi connectivity index (χ1n) is 10.5. The van der Waals surface area contributed by atoms with Gasteiger partial charge in [-0.1, -0.05) is 72.9 Å². The highest BCUT2D eigenvalue weighted by Gasteiger charge is 2.32. The Hall–Kier alpha value is -2.46. The van der Waals surface area contributed by atoms with E-state index in [-0.39, 0.29) is 12.2 Å². The summed E-state index contributed by atoms with van der Waals surface area (Å²) in [6.45, 7) is 5.93. The molecule has 6 heteroatoms. The first-order chi connectivity index (χ1) is 15.0. The molecule has 2 atom stereocenters. The molecule has 3 aromatic carbocycles. The third-order valence-electron chi connectivity index (χ3n) is 5.43. The summed E-state index contributed by atoms with van der Waals surface area (Å²) in [5, 5.41) is 4.71. The van der Waals surface area contributed by atoms with E-state index < -0.39 is 7.14 Å². The second-order valence-electron chi connectivity index (χ2n) is 7.92. The molecule has 160 valence electrons. The van der Waals surface area contributed by atoms with Gasteiger partial charge < -0.3 is 19.5 Å². The lowest BCUT2D eigenvalue weighted by atomic mass is 10.2. The van der Waals surface area contributed by atoms with Crippen LogP contribution in [0.2, 0.25) is 0 Å². The van der Waals surface area contributed by atoms with E-state index >= 15 is 0 Å². The van der Waals surface area contributed by atoms with Crippen molar-refractivity contribution in [3.05, 3.63) is 84.9 Å². The standard InChI is InChI=1S/C25H27N2O2PS/c1-19-17-27(18-20(2)29-19)22-15-13-21(14-16-22)26-25(31)30(28,23-9-5-3-6-10-23)24-11-7-4-8-12-24/h3-16,19-20H,17-18H2,1-2H3,(H,26,31). The molecule has 0 radical (unpaired) electrons. The van der Waals surface area contributed by atoms with Crippen LogP contribution < -0.4 is 20.8 Å². The third-order valence-corrected chi connectivity index (χ3v) is 9.04. The number of thiocarbonyl (C=S) groups is 1. The highest BCUT2D eigenvalue weighted by Crippen LogP contribution is 2.45. The second-order valence-corrected chi connectivity index (χ2v) is 11.3. The van der Waals surface area contributed by atoms with E-state index in [9.17, 15) is 4.57 Å². The van der Waals surface area contributed by atoms with E-state index in [1.54, 1.807) is 0 Å². The fourth-order valence-corrected chi connectivity index (χ4v) is 6.99. The molecule has 2 unspecified atom stereocenters. The van der Waals surface area contributed by atoms with E-state index in [1.165, 1.54) is 0 Å². The number of nitrogens with one attached hydrogen (secondary N) is 1. The summed E-state index contributed by atoms with van der Waals surface area (Å²) in [7, 11) is -3.14. The molecule has 1 heterocycles. The van der Waals surface area contributed by atoms with Gasteiger partial charge >= 0.3 is 0 Å². The van der Waals surface area contributed by atoms with Crippen LogP contribution in [0.25, 0.3) is 0 Å². The molecule has 1 saturated heterocycles. The monoisotopic (exact) mass is 450 g/mol. The lowest BCUT2D eigenvalue weighted by molar-refractivity contribution is -0.00521. The van der Waals surface area contributed by atoms with E-state index in [1.807, 2.05) is 72.8 Å². The van der Waals surface area contributed by atoms with Gasteiger partial charge in [0.2, 0.25) is 0 Å². The lowest BCUT2D eigenvalue weighted by Gasteiger charge is -2.36. The van der Waals surface area contributed by atoms with Gasteiger partial charge in [0, 0.05) is 35.1 Å². The van der Waals surface area contributed by atoms with Crippen LogP contribution in [-0.2, 0) is 9.30 Å². The predicted molar refractivity (Wildman–Crippen MR) is 135 cm³/mol. The molecule has 0 aliphatic carbocycles. The molecular formula is C25H27N2O2PS. The van der Waals surface area contributed by atoms with Crippen molar-refractivity contribution in [3.63, 3.8) is 0 Å². The van der Waals surface area contributed by atoms with Gasteiger partial charge in [0.15, 0.2) is 7.14 Å². The highest BCUT2D eigenvalue weighted by atomic mass is 32.1. The van der Waals surface area contributed by atoms with Crippen LogP contribution in [0.4, 0.5) is 11.4 Å². The number of hydrogen-bond donors (Lipinski definition) is 1. The summed E-state index contributed by atoms with van der Waals surface area (Å²) >= 11 is 5.72. The summed E-state index contributed by atoms with van der Waals surface area (Å²) in [5.41, 5.74) is 1.97. The Morgan fingerprint density at radius 1 is 0.871 bits per heavy atom. The molecule has 0 bridgehead atoms. The van der Waals surface area contributed by atoms with Gasteiger partial charge in [-0.2, -0.15) is 0 Å².